The molecule has 0 spiro atoms. The number of hydrogen-bond donors (Lipinski definition) is 0. The molecule has 0 saturated heterocycles. The van der Waals surface area contributed by atoms with Crippen LogP contribution in [0, 0.1) is 0 Å². The highest BCUT2D eigenvalue weighted by molar-refractivity contribution is 7.87. The van der Waals surface area contributed by atoms with Crippen molar-refractivity contribution in [2.45, 2.75) is 5.76 Å². The lowest BCUT2D eigenvalue weighted by Crippen LogP contribution is -2.09. The maximum absolute atomic E-state index is 11.0. The SMILES string of the molecule is O=S(=O)(OCl)C(F)F. The van der Waals surface area contributed by atoms with Gasteiger partial charge in [-0.3, -0.25) is 0 Å². The van der Waals surface area contributed by atoms with Crippen LogP contribution in [0.25, 0.3) is 0 Å². The Morgan fingerprint density at radius 1 is 1.50 bits per heavy atom. The zero-order valence-corrected chi connectivity index (χ0v) is 4.92. The summed E-state index contributed by atoms with van der Waals surface area (Å²) >= 11 is 4.12. The first-order valence-corrected chi connectivity index (χ1v) is 3.11. The monoisotopic (exact) mass is 166 g/mol. The second-order valence-corrected chi connectivity index (χ2v) is 2.66. The van der Waals surface area contributed by atoms with Crippen LogP contribution in [0.2, 0.25) is 0 Å². The van der Waals surface area contributed by atoms with Crippen molar-refractivity contribution in [2.75, 3.05) is 0 Å². The summed E-state index contributed by atoms with van der Waals surface area (Å²) in [5, 5.41) is 0. The minimum atomic E-state index is -4.80. The van der Waals surface area contributed by atoms with E-state index in [1.54, 1.807) is 0 Å². The van der Waals surface area contributed by atoms with Gasteiger partial charge in [-0.15, -0.1) is 0 Å². The van der Waals surface area contributed by atoms with Gasteiger partial charge in [0.25, 0.3) is 0 Å². The maximum atomic E-state index is 11.0. The summed E-state index contributed by atoms with van der Waals surface area (Å²) in [6.07, 6.45) is 0. The summed E-state index contributed by atoms with van der Waals surface area (Å²) in [7, 11) is -4.80. The zero-order valence-electron chi connectivity index (χ0n) is 3.34. The molecule has 0 rings (SSSR count). The summed E-state index contributed by atoms with van der Waals surface area (Å²) in [6.45, 7) is 0. The summed E-state index contributed by atoms with van der Waals surface area (Å²) in [6, 6.07) is 0. The molecular formula is CHClF2O3S. The highest BCUT2D eigenvalue weighted by Crippen LogP contribution is 2.07. The molecule has 0 unspecified atom stereocenters. The first-order chi connectivity index (χ1) is 3.50. The topological polar surface area (TPSA) is 43.4 Å². The van der Waals surface area contributed by atoms with Gasteiger partial charge in [0.05, 0.1) is 11.9 Å². The molecule has 0 radical (unpaired) electrons. The molecule has 7 heteroatoms. The van der Waals surface area contributed by atoms with E-state index in [2.05, 4.69) is 15.6 Å². The van der Waals surface area contributed by atoms with Crippen LogP contribution in [0.4, 0.5) is 8.78 Å². The van der Waals surface area contributed by atoms with Crippen molar-refractivity contribution < 1.29 is 20.9 Å². The Balaban J connectivity index is 4.17. The van der Waals surface area contributed by atoms with Gasteiger partial charge in [-0.25, -0.2) is 0 Å². The van der Waals surface area contributed by atoms with E-state index < -0.39 is 15.9 Å². The van der Waals surface area contributed by atoms with Crippen molar-refractivity contribution >= 4 is 22.0 Å². The van der Waals surface area contributed by atoms with Crippen LogP contribution in [-0.4, -0.2) is 14.2 Å². The molecule has 0 aliphatic carbocycles. The van der Waals surface area contributed by atoms with Crippen LogP contribution in [-0.2, 0) is 13.9 Å². The predicted molar refractivity (Wildman–Crippen MR) is 21.9 cm³/mol. The van der Waals surface area contributed by atoms with Gasteiger partial charge in [0.2, 0.25) is 0 Å². The number of hydrogen-bond acceptors (Lipinski definition) is 3. The van der Waals surface area contributed by atoms with E-state index in [9.17, 15) is 17.2 Å². The fourth-order valence-corrected chi connectivity index (χ4v) is 0.247. The fraction of sp³-hybridized carbons (Fsp3) is 1.00. The molecule has 0 amide bonds. The fourth-order valence-electron chi connectivity index (χ4n) is 0.0275. The third kappa shape index (κ3) is 1.89. The molecule has 0 atom stereocenters. The molecule has 0 saturated carbocycles. The van der Waals surface area contributed by atoms with Crippen molar-refractivity contribution in [2.24, 2.45) is 0 Å². The van der Waals surface area contributed by atoms with E-state index in [-0.39, 0.29) is 0 Å². The number of rotatable bonds is 2. The van der Waals surface area contributed by atoms with Crippen molar-refractivity contribution in [3.05, 3.63) is 0 Å². The van der Waals surface area contributed by atoms with Crippen molar-refractivity contribution in [1.82, 2.24) is 0 Å². The third-order valence-corrected chi connectivity index (χ3v) is 1.44. The summed E-state index contributed by atoms with van der Waals surface area (Å²) < 4.78 is 44.1. The Kier molecular flexibility index (Phi) is 2.58. The van der Waals surface area contributed by atoms with Gasteiger partial charge >= 0.3 is 15.9 Å². The Labute approximate surface area is 49.5 Å². The molecule has 0 aliphatic heterocycles. The van der Waals surface area contributed by atoms with Crippen molar-refractivity contribution in [1.29, 1.82) is 0 Å². The second kappa shape index (κ2) is 2.56. The Bertz CT molecular complexity index is 151. The molecule has 0 heterocycles. The molecule has 0 aromatic rings. The first kappa shape index (κ1) is 8.06. The highest BCUT2D eigenvalue weighted by atomic mass is 35.5. The second-order valence-electron chi connectivity index (χ2n) is 0.816. The summed E-state index contributed by atoms with van der Waals surface area (Å²) in [4.78, 5) is 0. The summed E-state index contributed by atoms with van der Waals surface area (Å²) in [5.74, 6) is -3.57. The van der Waals surface area contributed by atoms with Crippen LogP contribution >= 0.6 is 11.9 Å². The van der Waals surface area contributed by atoms with Gasteiger partial charge in [-0.1, -0.05) is 0 Å². The Morgan fingerprint density at radius 2 is 1.88 bits per heavy atom. The standard InChI is InChI=1S/CHClF2O3S/c2-7-8(5,6)1(3)4/h1H. The lowest BCUT2D eigenvalue weighted by Gasteiger charge is -1.92. The van der Waals surface area contributed by atoms with E-state index in [0.29, 0.717) is 0 Å². The zero-order chi connectivity index (χ0) is 6.78. The molecule has 0 bridgehead atoms. The van der Waals surface area contributed by atoms with E-state index >= 15 is 0 Å². The number of alkyl halides is 2. The van der Waals surface area contributed by atoms with Crippen molar-refractivity contribution in [3.8, 4) is 0 Å². The minimum absolute atomic E-state index is 2.89. The largest absolute Gasteiger partial charge is 0.362 e. The molecule has 0 aromatic carbocycles. The average Bonchev–Trinajstić information content (AvgIpc) is 1.67. The molecule has 0 aliphatic rings. The molecular weight excluding hydrogens is 166 g/mol. The van der Waals surface area contributed by atoms with Crippen LogP contribution in [0.15, 0.2) is 0 Å². The first-order valence-electron chi connectivity index (χ1n) is 1.33. The Morgan fingerprint density at radius 3 is 1.88 bits per heavy atom. The smallest absolute Gasteiger partial charge is 0.192 e. The van der Waals surface area contributed by atoms with Gasteiger partial charge in [0.1, 0.15) is 0 Å². The van der Waals surface area contributed by atoms with Crippen LogP contribution in [0.1, 0.15) is 0 Å². The molecule has 8 heavy (non-hydrogen) atoms. The minimum Gasteiger partial charge on any atom is -0.192 e. The molecule has 50 valence electrons. The maximum Gasteiger partial charge on any atom is 0.362 e. The highest BCUT2D eigenvalue weighted by Gasteiger charge is 2.24. The quantitative estimate of drug-likeness (QED) is 0.607. The predicted octanol–water partition coefficient (Wildman–Crippen LogP) is 0.709. The molecule has 0 N–H and O–H groups in total. The van der Waals surface area contributed by atoms with Crippen molar-refractivity contribution in [3.63, 3.8) is 0 Å². The molecule has 0 fully saturated rings. The third-order valence-electron chi connectivity index (χ3n) is 0.306. The average molecular weight is 167 g/mol. The molecule has 0 aromatic heterocycles. The van der Waals surface area contributed by atoms with Gasteiger partial charge < -0.3 is 0 Å². The van der Waals surface area contributed by atoms with Gasteiger partial charge in [0.15, 0.2) is 0 Å². The van der Waals surface area contributed by atoms with Gasteiger partial charge in [-0.05, 0) is 0 Å². The van der Waals surface area contributed by atoms with Gasteiger partial charge in [0, 0.05) is 0 Å². The Hall–Kier alpha value is 0.0600. The van der Waals surface area contributed by atoms with Crippen LogP contribution < -0.4 is 0 Å². The van der Waals surface area contributed by atoms with Crippen LogP contribution in [0.5, 0.6) is 0 Å². The van der Waals surface area contributed by atoms with E-state index in [1.165, 1.54) is 0 Å². The van der Waals surface area contributed by atoms with E-state index in [1.807, 2.05) is 0 Å². The lowest BCUT2D eigenvalue weighted by molar-refractivity contribution is 0.221. The normalized spacial score (nSPS) is 12.5. The number of halogens is 3. The van der Waals surface area contributed by atoms with Crippen LogP contribution in [0.3, 0.4) is 0 Å². The summed E-state index contributed by atoms with van der Waals surface area (Å²) in [5.41, 5.74) is 0. The molecule has 3 nitrogen and oxygen atoms in total. The van der Waals surface area contributed by atoms with E-state index in [4.69, 9.17) is 0 Å². The lowest BCUT2D eigenvalue weighted by atomic mass is 11.7. The van der Waals surface area contributed by atoms with E-state index in [0.717, 1.165) is 0 Å². The van der Waals surface area contributed by atoms with Gasteiger partial charge in [-0.2, -0.15) is 20.9 Å².